The van der Waals surface area contributed by atoms with E-state index in [0.29, 0.717) is 23.3 Å². The molecule has 2 aliphatic rings. The molecule has 0 radical (unpaired) electrons. The van der Waals surface area contributed by atoms with Gasteiger partial charge in [-0.1, -0.05) is 31.4 Å². The first-order valence-corrected chi connectivity index (χ1v) is 9.51. The lowest BCUT2D eigenvalue weighted by atomic mass is 9.96. The van der Waals surface area contributed by atoms with Crippen LogP contribution in [0.2, 0.25) is 0 Å². The van der Waals surface area contributed by atoms with Crippen LogP contribution in [-0.2, 0) is 9.59 Å². The van der Waals surface area contributed by atoms with Gasteiger partial charge in [-0.2, -0.15) is 5.10 Å². The SMILES string of the molecule is CC(=O)N1CC(C(=O)Nc2ccnn2C2CCCCC2)Oc2ccccc21. The van der Waals surface area contributed by atoms with Gasteiger partial charge in [-0.3, -0.25) is 9.59 Å². The molecule has 1 saturated carbocycles. The lowest BCUT2D eigenvalue weighted by Crippen LogP contribution is -2.48. The molecule has 1 N–H and O–H groups in total. The smallest absolute Gasteiger partial charge is 0.268 e. The minimum Gasteiger partial charge on any atom is -0.476 e. The van der Waals surface area contributed by atoms with Crippen LogP contribution in [-0.4, -0.2) is 34.2 Å². The summed E-state index contributed by atoms with van der Waals surface area (Å²) < 4.78 is 7.79. The first-order chi connectivity index (χ1) is 13.1. The third kappa shape index (κ3) is 3.54. The van der Waals surface area contributed by atoms with Crippen LogP contribution in [0.5, 0.6) is 5.75 Å². The summed E-state index contributed by atoms with van der Waals surface area (Å²) in [5.41, 5.74) is 0.696. The highest BCUT2D eigenvalue weighted by atomic mass is 16.5. The number of amides is 2. The van der Waals surface area contributed by atoms with Crippen LogP contribution in [0.15, 0.2) is 36.5 Å². The van der Waals surface area contributed by atoms with Crippen LogP contribution >= 0.6 is 0 Å². The molecule has 1 aliphatic carbocycles. The van der Waals surface area contributed by atoms with E-state index in [1.165, 1.54) is 26.2 Å². The van der Waals surface area contributed by atoms with Gasteiger partial charge >= 0.3 is 0 Å². The molecule has 142 valence electrons. The number of anilines is 2. The number of para-hydroxylation sites is 2. The van der Waals surface area contributed by atoms with Gasteiger partial charge in [0, 0.05) is 13.0 Å². The third-order valence-corrected chi connectivity index (χ3v) is 5.29. The topological polar surface area (TPSA) is 76.5 Å². The summed E-state index contributed by atoms with van der Waals surface area (Å²) in [6.45, 7) is 1.69. The number of ether oxygens (including phenoxy) is 1. The van der Waals surface area contributed by atoms with Crippen LogP contribution in [0.25, 0.3) is 0 Å². The zero-order valence-electron chi connectivity index (χ0n) is 15.4. The number of carbonyl (C=O) groups excluding carboxylic acids is 2. The second-order valence-electron chi connectivity index (χ2n) is 7.15. The average molecular weight is 368 g/mol. The van der Waals surface area contributed by atoms with Crippen LogP contribution in [0, 0.1) is 0 Å². The standard InChI is InChI=1S/C20H24N4O3/c1-14(25)23-13-18(27-17-10-6-5-9-16(17)23)20(26)22-19-11-12-21-24(19)15-7-3-2-4-8-15/h5-6,9-12,15,18H,2-4,7-8,13H2,1H3,(H,22,26). The normalized spacial score (nSPS) is 19.9. The van der Waals surface area contributed by atoms with E-state index in [1.54, 1.807) is 17.2 Å². The van der Waals surface area contributed by atoms with Crippen LogP contribution in [0.4, 0.5) is 11.5 Å². The lowest BCUT2D eigenvalue weighted by molar-refractivity contribution is -0.123. The molecule has 2 heterocycles. The fourth-order valence-electron chi connectivity index (χ4n) is 3.91. The molecule has 1 fully saturated rings. The fraction of sp³-hybridized carbons (Fsp3) is 0.450. The third-order valence-electron chi connectivity index (χ3n) is 5.29. The number of aromatic nitrogens is 2. The highest BCUT2D eigenvalue weighted by molar-refractivity contribution is 5.99. The predicted molar refractivity (Wildman–Crippen MR) is 102 cm³/mol. The molecule has 0 spiro atoms. The van der Waals surface area contributed by atoms with E-state index in [0.717, 1.165) is 12.8 Å². The van der Waals surface area contributed by atoms with Crippen LogP contribution < -0.4 is 15.0 Å². The molecule has 1 atom stereocenters. The molecule has 2 aromatic rings. The second kappa shape index (κ2) is 7.42. The molecule has 1 aromatic heterocycles. The van der Waals surface area contributed by atoms with E-state index in [1.807, 2.05) is 28.9 Å². The van der Waals surface area contributed by atoms with E-state index >= 15 is 0 Å². The number of carbonyl (C=O) groups is 2. The summed E-state index contributed by atoms with van der Waals surface area (Å²) in [6, 6.07) is 9.41. The zero-order chi connectivity index (χ0) is 18.8. The number of hydrogen-bond donors (Lipinski definition) is 1. The van der Waals surface area contributed by atoms with Crippen molar-refractivity contribution in [1.29, 1.82) is 0 Å². The van der Waals surface area contributed by atoms with Gasteiger partial charge in [-0.25, -0.2) is 4.68 Å². The summed E-state index contributed by atoms with van der Waals surface area (Å²) >= 11 is 0. The van der Waals surface area contributed by atoms with E-state index in [-0.39, 0.29) is 18.4 Å². The largest absolute Gasteiger partial charge is 0.476 e. The molecular weight excluding hydrogens is 344 g/mol. The monoisotopic (exact) mass is 368 g/mol. The van der Waals surface area contributed by atoms with Crippen LogP contribution in [0.3, 0.4) is 0 Å². The van der Waals surface area contributed by atoms with Gasteiger partial charge < -0.3 is 15.0 Å². The Kier molecular flexibility index (Phi) is 4.83. The summed E-state index contributed by atoms with van der Waals surface area (Å²) in [6.07, 6.45) is 6.74. The molecule has 4 rings (SSSR count). The molecule has 0 bridgehead atoms. The Morgan fingerprint density at radius 2 is 1.93 bits per heavy atom. The second-order valence-corrected chi connectivity index (χ2v) is 7.15. The summed E-state index contributed by atoms with van der Waals surface area (Å²) in [4.78, 5) is 26.5. The Morgan fingerprint density at radius 3 is 2.70 bits per heavy atom. The maximum absolute atomic E-state index is 12.9. The zero-order valence-corrected chi connectivity index (χ0v) is 15.4. The number of hydrogen-bond acceptors (Lipinski definition) is 4. The highest BCUT2D eigenvalue weighted by Gasteiger charge is 2.33. The number of fused-ring (bicyclic) bond motifs is 1. The van der Waals surface area contributed by atoms with E-state index < -0.39 is 6.10 Å². The van der Waals surface area contributed by atoms with Gasteiger partial charge in [-0.15, -0.1) is 0 Å². The summed E-state index contributed by atoms with van der Waals surface area (Å²) in [5, 5.41) is 7.36. The van der Waals surface area contributed by atoms with Crippen LogP contribution in [0.1, 0.15) is 45.1 Å². The Hall–Kier alpha value is -2.83. The van der Waals surface area contributed by atoms with Crippen molar-refractivity contribution >= 4 is 23.3 Å². The average Bonchev–Trinajstić information content (AvgIpc) is 3.15. The molecule has 1 unspecified atom stereocenters. The first kappa shape index (κ1) is 17.6. The maximum atomic E-state index is 12.9. The lowest BCUT2D eigenvalue weighted by Gasteiger charge is -2.33. The van der Waals surface area contributed by atoms with Crippen molar-refractivity contribution in [2.75, 3.05) is 16.8 Å². The maximum Gasteiger partial charge on any atom is 0.268 e. The van der Waals surface area contributed by atoms with Crippen molar-refractivity contribution < 1.29 is 14.3 Å². The van der Waals surface area contributed by atoms with Crippen molar-refractivity contribution in [2.24, 2.45) is 0 Å². The molecule has 7 nitrogen and oxygen atoms in total. The molecule has 1 aliphatic heterocycles. The minimum absolute atomic E-state index is 0.115. The Balaban J connectivity index is 1.51. The van der Waals surface area contributed by atoms with Crippen molar-refractivity contribution in [3.63, 3.8) is 0 Å². The van der Waals surface area contributed by atoms with E-state index in [4.69, 9.17) is 4.74 Å². The predicted octanol–water partition coefficient (Wildman–Crippen LogP) is 3.14. The molecule has 2 amide bonds. The van der Waals surface area contributed by atoms with Gasteiger partial charge in [0.05, 0.1) is 24.5 Å². The number of benzene rings is 1. The molecule has 0 saturated heterocycles. The van der Waals surface area contributed by atoms with E-state index in [9.17, 15) is 9.59 Å². The fourth-order valence-corrected chi connectivity index (χ4v) is 3.91. The molecule has 7 heteroatoms. The molecule has 1 aromatic carbocycles. The summed E-state index contributed by atoms with van der Waals surface area (Å²) in [5.74, 6) is 0.840. The number of nitrogens with zero attached hydrogens (tertiary/aromatic N) is 3. The quantitative estimate of drug-likeness (QED) is 0.903. The molecule has 27 heavy (non-hydrogen) atoms. The van der Waals surface area contributed by atoms with Crippen molar-refractivity contribution in [2.45, 2.75) is 51.2 Å². The Bertz CT molecular complexity index is 841. The van der Waals surface area contributed by atoms with Crippen molar-refractivity contribution in [3.05, 3.63) is 36.5 Å². The van der Waals surface area contributed by atoms with Gasteiger partial charge in [0.15, 0.2) is 6.10 Å². The molecular formula is C20H24N4O3. The van der Waals surface area contributed by atoms with Crippen molar-refractivity contribution in [3.8, 4) is 5.75 Å². The Labute approximate surface area is 158 Å². The van der Waals surface area contributed by atoms with Gasteiger partial charge in [0.25, 0.3) is 5.91 Å². The summed E-state index contributed by atoms with van der Waals surface area (Å²) in [7, 11) is 0. The van der Waals surface area contributed by atoms with Crippen molar-refractivity contribution in [1.82, 2.24) is 9.78 Å². The Morgan fingerprint density at radius 1 is 1.15 bits per heavy atom. The first-order valence-electron chi connectivity index (χ1n) is 9.51. The van der Waals surface area contributed by atoms with Gasteiger partial charge in [-0.05, 0) is 25.0 Å². The number of nitrogens with one attached hydrogen (secondary N) is 1. The number of rotatable bonds is 3. The highest BCUT2D eigenvalue weighted by Crippen LogP contribution is 2.34. The van der Waals surface area contributed by atoms with Gasteiger partial charge in [0.1, 0.15) is 11.6 Å². The van der Waals surface area contributed by atoms with Gasteiger partial charge in [0.2, 0.25) is 5.91 Å². The van der Waals surface area contributed by atoms with E-state index in [2.05, 4.69) is 10.4 Å². The minimum atomic E-state index is -0.765.